The predicted octanol–water partition coefficient (Wildman–Crippen LogP) is 3.30. The minimum absolute atomic E-state index is 0.0990. The highest BCUT2D eigenvalue weighted by Gasteiger charge is 2.16. The van der Waals surface area contributed by atoms with Gasteiger partial charge in [-0.2, -0.15) is 0 Å². The molecule has 1 unspecified atom stereocenters. The average molecular weight is 396 g/mol. The van der Waals surface area contributed by atoms with Gasteiger partial charge in [-0.1, -0.05) is 22.0 Å². The zero-order valence-corrected chi connectivity index (χ0v) is 15.0. The van der Waals surface area contributed by atoms with Gasteiger partial charge in [-0.3, -0.25) is 9.59 Å². The molecule has 24 heavy (non-hydrogen) atoms. The average Bonchev–Trinajstić information content (AvgIpc) is 3.02. The van der Waals surface area contributed by atoms with Gasteiger partial charge in [-0.05, 0) is 37.3 Å². The van der Waals surface area contributed by atoms with E-state index in [2.05, 4.69) is 26.0 Å². The van der Waals surface area contributed by atoms with E-state index in [1.165, 1.54) is 7.11 Å². The fraction of sp³-hybridized carbons (Fsp3) is 0.294. The number of halogens is 1. The summed E-state index contributed by atoms with van der Waals surface area (Å²) in [7, 11) is 1.31. The van der Waals surface area contributed by atoms with E-state index in [9.17, 15) is 9.59 Å². The van der Waals surface area contributed by atoms with Crippen molar-refractivity contribution in [2.24, 2.45) is 0 Å². The van der Waals surface area contributed by atoms with Gasteiger partial charge in [0.2, 0.25) is 0 Å². The molecule has 1 amide bonds. The summed E-state index contributed by atoms with van der Waals surface area (Å²) in [5.74, 6) is 0.615. The molecule has 1 aromatic carbocycles. The van der Waals surface area contributed by atoms with Gasteiger partial charge in [0.1, 0.15) is 18.1 Å². The first-order valence-electron chi connectivity index (χ1n) is 7.32. The van der Waals surface area contributed by atoms with Gasteiger partial charge >= 0.3 is 5.97 Å². The molecule has 128 valence electrons. The smallest absolute Gasteiger partial charge is 0.307 e. The highest BCUT2D eigenvalue weighted by molar-refractivity contribution is 9.10. The molecule has 1 atom stereocenters. The van der Waals surface area contributed by atoms with Crippen LogP contribution in [0.2, 0.25) is 0 Å². The van der Waals surface area contributed by atoms with Crippen LogP contribution in [0.4, 0.5) is 0 Å². The van der Waals surface area contributed by atoms with E-state index >= 15 is 0 Å². The molecule has 0 spiro atoms. The number of amides is 1. The van der Waals surface area contributed by atoms with E-state index in [4.69, 9.17) is 9.15 Å². The summed E-state index contributed by atoms with van der Waals surface area (Å²) in [6.45, 7) is 1.93. The molecule has 0 bridgehead atoms. The Kier molecular flexibility index (Phi) is 6.43. The number of carbonyl (C=O) groups is 2. The molecule has 1 heterocycles. The van der Waals surface area contributed by atoms with Gasteiger partial charge in [-0.25, -0.2) is 0 Å². The number of nitrogens with one attached hydrogen (secondary N) is 1. The second-order valence-corrected chi connectivity index (χ2v) is 6.08. The van der Waals surface area contributed by atoms with Gasteiger partial charge in [0.05, 0.1) is 13.5 Å². The lowest BCUT2D eigenvalue weighted by Gasteiger charge is -2.11. The van der Waals surface area contributed by atoms with E-state index in [-0.39, 0.29) is 36.7 Å². The summed E-state index contributed by atoms with van der Waals surface area (Å²) >= 11 is 3.37. The van der Waals surface area contributed by atoms with Crippen LogP contribution >= 0.6 is 15.9 Å². The van der Waals surface area contributed by atoms with E-state index in [0.717, 1.165) is 4.47 Å². The topological polar surface area (TPSA) is 77.8 Å². The summed E-state index contributed by atoms with van der Waals surface area (Å²) in [5.41, 5.74) is 0. The molecule has 0 fully saturated rings. The van der Waals surface area contributed by atoms with Crippen molar-refractivity contribution in [2.75, 3.05) is 7.11 Å². The maximum absolute atomic E-state index is 12.1. The number of esters is 1. The van der Waals surface area contributed by atoms with Crippen LogP contribution in [0, 0.1) is 0 Å². The summed E-state index contributed by atoms with van der Waals surface area (Å²) in [5, 5.41) is 2.68. The Morgan fingerprint density at radius 2 is 2.08 bits per heavy atom. The Morgan fingerprint density at radius 1 is 1.29 bits per heavy atom. The van der Waals surface area contributed by atoms with E-state index in [0.29, 0.717) is 11.5 Å². The van der Waals surface area contributed by atoms with E-state index in [1.807, 2.05) is 24.3 Å². The van der Waals surface area contributed by atoms with Gasteiger partial charge in [-0.15, -0.1) is 0 Å². The van der Waals surface area contributed by atoms with E-state index in [1.54, 1.807) is 19.1 Å². The number of hydrogen-bond donors (Lipinski definition) is 1. The number of hydrogen-bond acceptors (Lipinski definition) is 5. The zero-order chi connectivity index (χ0) is 17.5. The fourth-order valence-electron chi connectivity index (χ4n) is 1.97. The number of rotatable bonds is 7. The molecular weight excluding hydrogens is 378 g/mol. The Bertz CT molecular complexity index is 713. The fourth-order valence-corrected chi connectivity index (χ4v) is 2.35. The van der Waals surface area contributed by atoms with Crippen LogP contribution < -0.4 is 10.1 Å². The van der Waals surface area contributed by atoms with Crippen LogP contribution in [0.1, 0.15) is 29.7 Å². The van der Waals surface area contributed by atoms with Crippen LogP contribution in [0.15, 0.2) is 45.3 Å². The van der Waals surface area contributed by atoms with Gasteiger partial charge in [0, 0.05) is 10.5 Å². The summed E-state index contributed by atoms with van der Waals surface area (Å²) in [6, 6.07) is 10.3. The maximum Gasteiger partial charge on any atom is 0.307 e. The second kappa shape index (κ2) is 8.54. The highest BCUT2D eigenvalue weighted by Crippen LogP contribution is 2.19. The number of methoxy groups -OCH3 is 1. The lowest BCUT2D eigenvalue weighted by Crippen LogP contribution is -2.34. The normalized spacial score (nSPS) is 11.6. The van der Waals surface area contributed by atoms with Crippen LogP contribution in [0.5, 0.6) is 5.75 Å². The first-order valence-corrected chi connectivity index (χ1v) is 8.12. The maximum atomic E-state index is 12.1. The zero-order valence-electron chi connectivity index (χ0n) is 13.4. The molecular formula is C17H18BrNO5. The minimum atomic E-state index is -0.389. The lowest BCUT2D eigenvalue weighted by atomic mass is 10.2. The molecule has 0 aliphatic carbocycles. The van der Waals surface area contributed by atoms with Crippen LogP contribution in [-0.2, 0) is 16.1 Å². The lowest BCUT2D eigenvalue weighted by molar-refractivity contribution is -0.141. The second-order valence-electron chi connectivity index (χ2n) is 5.17. The predicted molar refractivity (Wildman–Crippen MR) is 90.7 cm³/mol. The number of ether oxygens (including phenoxy) is 2. The van der Waals surface area contributed by atoms with Crippen molar-refractivity contribution in [2.45, 2.75) is 26.0 Å². The standard InChI is InChI=1S/C17H18BrNO5/c1-11(8-16(20)22-2)19-17(21)15-7-6-14(24-15)10-23-13-5-3-4-12(18)9-13/h3-7,9,11H,8,10H2,1-2H3,(H,19,21). The highest BCUT2D eigenvalue weighted by atomic mass is 79.9. The van der Waals surface area contributed by atoms with Crippen molar-refractivity contribution in [1.82, 2.24) is 5.32 Å². The molecule has 2 rings (SSSR count). The SMILES string of the molecule is COC(=O)CC(C)NC(=O)c1ccc(COc2cccc(Br)c2)o1. The third kappa shape index (κ3) is 5.42. The molecule has 0 radical (unpaired) electrons. The number of benzene rings is 1. The quantitative estimate of drug-likeness (QED) is 0.727. The van der Waals surface area contributed by atoms with Crippen molar-refractivity contribution in [3.63, 3.8) is 0 Å². The first-order chi connectivity index (χ1) is 11.5. The van der Waals surface area contributed by atoms with Crippen LogP contribution in [-0.4, -0.2) is 25.0 Å². The Balaban J connectivity index is 1.87. The molecule has 1 aromatic heterocycles. The monoisotopic (exact) mass is 395 g/mol. The van der Waals surface area contributed by atoms with Crippen LogP contribution in [0.3, 0.4) is 0 Å². The minimum Gasteiger partial charge on any atom is -0.486 e. The molecule has 7 heteroatoms. The third-order valence-electron chi connectivity index (χ3n) is 3.14. The molecule has 6 nitrogen and oxygen atoms in total. The van der Waals surface area contributed by atoms with Crippen LogP contribution in [0.25, 0.3) is 0 Å². The van der Waals surface area contributed by atoms with Crippen molar-refractivity contribution < 1.29 is 23.5 Å². The summed E-state index contributed by atoms with van der Waals surface area (Å²) < 4.78 is 16.5. The van der Waals surface area contributed by atoms with Gasteiger partial charge < -0.3 is 19.2 Å². The molecule has 0 saturated carbocycles. The molecule has 0 saturated heterocycles. The van der Waals surface area contributed by atoms with Crippen molar-refractivity contribution >= 4 is 27.8 Å². The molecule has 1 N–H and O–H groups in total. The third-order valence-corrected chi connectivity index (χ3v) is 3.63. The summed E-state index contributed by atoms with van der Waals surface area (Å²) in [6.07, 6.45) is 0.0990. The van der Waals surface area contributed by atoms with Crippen molar-refractivity contribution in [3.05, 3.63) is 52.4 Å². The van der Waals surface area contributed by atoms with Gasteiger partial charge in [0.25, 0.3) is 5.91 Å². The van der Waals surface area contributed by atoms with Gasteiger partial charge in [0.15, 0.2) is 5.76 Å². The summed E-state index contributed by atoms with van der Waals surface area (Å²) in [4.78, 5) is 23.2. The first kappa shape index (κ1) is 18.1. The van der Waals surface area contributed by atoms with Crippen molar-refractivity contribution in [1.29, 1.82) is 0 Å². The largest absolute Gasteiger partial charge is 0.486 e. The van der Waals surface area contributed by atoms with E-state index < -0.39 is 0 Å². The number of carbonyl (C=O) groups excluding carboxylic acids is 2. The Labute approximate surface area is 148 Å². The number of furan rings is 1. The Hall–Kier alpha value is -2.28. The molecule has 2 aromatic rings. The van der Waals surface area contributed by atoms with Crippen molar-refractivity contribution in [3.8, 4) is 5.75 Å². The molecule has 0 aliphatic rings. The molecule has 0 aliphatic heterocycles. The Morgan fingerprint density at radius 3 is 2.79 bits per heavy atom.